The molecule has 0 fully saturated rings. The number of carbonyl (C=O) groups excluding carboxylic acids is 1. The summed E-state index contributed by atoms with van der Waals surface area (Å²) in [6.07, 6.45) is 3.96. The average Bonchev–Trinajstić information content (AvgIpc) is 2.94. The Hall–Kier alpha value is -1.82. The number of aryl methyl sites for hydroxylation is 1. The molecule has 1 heterocycles. The lowest BCUT2D eigenvalue weighted by Gasteiger charge is -2.21. The lowest BCUT2D eigenvalue weighted by atomic mass is 10.2. The number of halogens is 1. The lowest BCUT2D eigenvalue weighted by molar-refractivity contribution is -0.116. The fourth-order valence-corrected chi connectivity index (χ4v) is 2.57. The third-order valence-electron chi connectivity index (χ3n) is 3.45. The molecular weight excluding hydrogens is 344 g/mol. The molecule has 0 atom stereocenters. The number of hydrogen-bond donors (Lipinski definition) is 1. The summed E-state index contributed by atoms with van der Waals surface area (Å²) in [4.78, 5) is 14.2. The molecule has 0 spiro atoms. The first kappa shape index (κ1) is 16.5. The minimum atomic E-state index is -0.0118. The number of aromatic nitrogens is 2. The summed E-state index contributed by atoms with van der Waals surface area (Å²) in [6.45, 7) is 6.78. The molecule has 1 aromatic carbocycles. The molecule has 118 valence electrons. The zero-order chi connectivity index (χ0) is 15.9. The highest BCUT2D eigenvalue weighted by molar-refractivity contribution is 9.10. The summed E-state index contributed by atoms with van der Waals surface area (Å²) in [5.74, 6) is -0.0118. The molecular formula is C16H21BrN4O. The van der Waals surface area contributed by atoms with Crippen LogP contribution in [0.4, 0.5) is 11.4 Å². The quantitative estimate of drug-likeness (QED) is 0.817. The highest BCUT2D eigenvalue weighted by Gasteiger charge is 2.05. The first-order chi connectivity index (χ1) is 10.6. The Morgan fingerprint density at radius 1 is 1.27 bits per heavy atom. The Bertz CT molecular complexity index is 605. The predicted molar refractivity (Wildman–Crippen MR) is 93.2 cm³/mol. The van der Waals surface area contributed by atoms with Crippen LogP contribution in [0.25, 0.3) is 0 Å². The topological polar surface area (TPSA) is 50.2 Å². The Kier molecular flexibility index (Phi) is 6.00. The van der Waals surface area contributed by atoms with E-state index < -0.39 is 0 Å². The molecule has 0 saturated heterocycles. The number of anilines is 2. The van der Waals surface area contributed by atoms with Gasteiger partial charge in [-0.2, -0.15) is 5.10 Å². The molecule has 22 heavy (non-hydrogen) atoms. The van der Waals surface area contributed by atoms with Crippen LogP contribution in [-0.4, -0.2) is 28.8 Å². The Morgan fingerprint density at radius 2 is 1.95 bits per heavy atom. The van der Waals surface area contributed by atoms with Crippen molar-refractivity contribution in [3.05, 3.63) is 41.1 Å². The molecule has 5 nitrogen and oxygen atoms in total. The third kappa shape index (κ3) is 4.59. The van der Waals surface area contributed by atoms with Crippen molar-refractivity contribution < 1.29 is 4.79 Å². The summed E-state index contributed by atoms with van der Waals surface area (Å²) in [5.41, 5.74) is 1.99. The van der Waals surface area contributed by atoms with Crippen LogP contribution in [0.1, 0.15) is 20.3 Å². The monoisotopic (exact) mass is 364 g/mol. The van der Waals surface area contributed by atoms with Crippen LogP contribution in [0.3, 0.4) is 0 Å². The van der Waals surface area contributed by atoms with E-state index in [1.165, 1.54) is 5.69 Å². The van der Waals surface area contributed by atoms with Crippen molar-refractivity contribution in [3.63, 3.8) is 0 Å². The van der Waals surface area contributed by atoms with Gasteiger partial charge in [-0.3, -0.25) is 9.48 Å². The van der Waals surface area contributed by atoms with Crippen molar-refractivity contribution in [2.24, 2.45) is 0 Å². The number of hydrogen-bond acceptors (Lipinski definition) is 3. The van der Waals surface area contributed by atoms with Gasteiger partial charge in [0.25, 0.3) is 0 Å². The van der Waals surface area contributed by atoms with Crippen LogP contribution < -0.4 is 10.2 Å². The number of nitrogens with zero attached hydrogens (tertiary/aromatic N) is 3. The van der Waals surface area contributed by atoms with E-state index in [-0.39, 0.29) is 5.91 Å². The molecule has 0 bridgehead atoms. The molecule has 0 radical (unpaired) electrons. The van der Waals surface area contributed by atoms with E-state index in [2.05, 4.69) is 45.1 Å². The van der Waals surface area contributed by atoms with Crippen molar-refractivity contribution in [2.75, 3.05) is 23.3 Å². The number of carbonyl (C=O) groups is 1. The molecule has 0 saturated carbocycles. The minimum absolute atomic E-state index is 0.0118. The average molecular weight is 365 g/mol. The molecule has 0 aliphatic rings. The van der Waals surface area contributed by atoms with Crippen molar-refractivity contribution in [2.45, 2.75) is 26.8 Å². The fraction of sp³-hybridized carbons (Fsp3) is 0.375. The zero-order valence-electron chi connectivity index (χ0n) is 12.9. The fourth-order valence-electron chi connectivity index (χ4n) is 2.24. The second kappa shape index (κ2) is 7.98. The normalized spacial score (nSPS) is 10.5. The molecule has 0 aliphatic carbocycles. The second-order valence-corrected chi connectivity index (χ2v) is 5.85. The molecule has 0 aliphatic heterocycles. The number of nitrogens with one attached hydrogen (secondary N) is 1. The Labute approximate surface area is 139 Å². The number of benzene rings is 1. The molecule has 6 heteroatoms. The zero-order valence-corrected chi connectivity index (χ0v) is 14.5. The van der Waals surface area contributed by atoms with E-state index in [0.717, 1.165) is 23.2 Å². The largest absolute Gasteiger partial charge is 0.372 e. The maximum Gasteiger partial charge on any atom is 0.226 e. The molecule has 0 unspecified atom stereocenters. The first-order valence-corrected chi connectivity index (χ1v) is 8.24. The summed E-state index contributed by atoms with van der Waals surface area (Å²) in [5, 5.41) is 7.04. The van der Waals surface area contributed by atoms with Crippen LogP contribution in [0, 0.1) is 0 Å². The lowest BCUT2D eigenvalue weighted by Crippen LogP contribution is -2.21. The van der Waals surface area contributed by atoms with E-state index in [4.69, 9.17) is 0 Å². The third-order valence-corrected chi connectivity index (χ3v) is 3.86. The van der Waals surface area contributed by atoms with Gasteiger partial charge in [0.1, 0.15) is 0 Å². The van der Waals surface area contributed by atoms with Gasteiger partial charge in [0, 0.05) is 43.6 Å². The van der Waals surface area contributed by atoms with E-state index in [0.29, 0.717) is 13.0 Å². The molecule has 1 N–H and O–H groups in total. The van der Waals surface area contributed by atoms with E-state index >= 15 is 0 Å². The van der Waals surface area contributed by atoms with Gasteiger partial charge in [-0.25, -0.2) is 0 Å². The molecule has 1 amide bonds. The molecule has 2 rings (SSSR count). The summed E-state index contributed by atoms with van der Waals surface area (Å²) >= 11 is 3.34. The van der Waals surface area contributed by atoms with Crippen molar-refractivity contribution >= 4 is 33.2 Å². The van der Waals surface area contributed by atoms with Crippen LogP contribution in [0.5, 0.6) is 0 Å². The first-order valence-electron chi connectivity index (χ1n) is 7.45. The SMILES string of the molecule is CCN(CC)c1ccc(NC(=O)CCn2cc(Br)cn2)cc1. The summed E-state index contributed by atoms with van der Waals surface area (Å²) in [7, 11) is 0. The van der Waals surface area contributed by atoms with E-state index in [9.17, 15) is 4.79 Å². The van der Waals surface area contributed by atoms with Gasteiger partial charge >= 0.3 is 0 Å². The smallest absolute Gasteiger partial charge is 0.226 e. The van der Waals surface area contributed by atoms with Crippen LogP contribution >= 0.6 is 15.9 Å². The highest BCUT2D eigenvalue weighted by atomic mass is 79.9. The Balaban J connectivity index is 1.86. The summed E-state index contributed by atoms with van der Waals surface area (Å²) < 4.78 is 2.66. The number of amides is 1. The highest BCUT2D eigenvalue weighted by Crippen LogP contribution is 2.17. The van der Waals surface area contributed by atoms with Gasteiger partial charge in [0.05, 0.1) is 10.7 Å². The Morgan fingerprint density at radius 3 is 2.50 bits per heavy atom. The van der Waals surface area contributed by atoms with Gasteiger partial charge in [-0.15, -0.1) is 0 Å². The van der Waals surface area contributed by atoms with Gasteiger partial charge in [-0.1, -0.05) is 0 Å². The maximum atomic E-state index is 11.9. The number of rotatable bonds is 7. The standard InChI is InChI=1S/C16H21BrN4O/c1-3-20(4-2)15-7-5-14(6-8-15)19-16(22)9-10-21-12-13(17)11-18-21/h5-8,11-12H,3-4,9-10H2,1-2H3,(H,19,22). The van der Waals surface area contributed by atoms with Crippen molar-refractivity contribution in [3.8, 4) is 0 Å². The van der Waals surface area contributed by atoms with E-state index in [1.807, 2.05) is 30.5 Å². The van der Waals surface area contributed by atoms with Gasteiger partial charge in [0.2, 0.25) is 5.91 Å². The molecule has 1 aromatic heterocycles. The molecule has 2 aromatic rings. The van der Waals surface area contributed by atoms with E-state index in [1.54, 1.807) is 10.9 Å². The second-order valence-electron chi connectivity index (χ2n) is 4.94. The van der Waals surface area contributed by atoms with Crippen LogP contribution in [0.2, 0.25) is 0 Å². The maximum absolute atomic E-state index is 11.9. The summed E-state index contributed by atoms with van der Waals surface area (Å²) in [6, 6.07) is 7.95. The minimum Gasteiger partial charge on any atom is -0.372 e. The predicted octanol–water partition coefficient (Wildman–Crippen LogP) is 3.52. The van der Waals surface area contributed by atoms with Crippen LogP contribution in [0.15, 0.2) is 41.1 Å². The van der Waals surface area contributed by atoms with Crippen LogP contribution in [-0.2, 0) is 11.3 Å². The van der Waals surface area contributed by atoms with Gasteiger partial charge in [0.15, 0.2) is 0 Å². The van der Waals surface area contributed by atoms with Gasteiger partial charge < -0.3 is 10.2 Å². The van der Waals surface area contributed by atoms with Crippen molar-refractivity contribution in [1.29, 1.82) is 0 Å². The van der Waals surface area contributed by atoms with Gasteiger partial charge in [-0.05, 0) is 54.0 Å². The van der Waals surface area contributed by atoms with Crippen molar-refractivity contribution in [1.82, 2.24) is 9.78 Å².